The summed E-state index contributed by atoms with van der Waals surface area (Å²) >= 11 is -10.7. The molecule has 0 atom stereocenters. The van der Waals surface area contributed by atoms with Gasteiger partial charge in [0, 0.05) is 0 Å². The Labute approximate surface area is 393 Å². The summed E-state index contributed by atoms with van der Waals surface area (Å²) < 4.78 is 22.1. The van der Waals surface area contributed by atoms with Crippen molar-refractivity contribution in [3.63, 3.8) is 0 Å². The van der Waals surface area contributed by atoms with Crippen LogP contribution < -0.4 is 19.6 Å². The SMILES string of the molecule is O=C([O][Bi]([c]1cccc2ccccc12)([c]1cccc2ccccc12)[c]1cccc2ccccc12)[O][Bi]([c]1cccc2ccccc12)([c]1cccc2ccccc12)[c]1cccc2ccccc12. The number of carbonyl (C=O) groups excluding carboxylic acids is 1. The van der Waals surface area contributed by atoms with Gasteiger partial charge in [-0.05, 0) is 0 Å². The molecule has 12 rings (SSSR count). The van der Waals surface area contributed by atoms with Crippen LogP contribution in [0, 0.1) is 0 Å². The van der Waals surface area contributed by atoms with Gasteiger partial charge in [0.1, 0.15) is 0 Å². The molecule has 0 bridgehead atoms. The van der Waals surface area contributed by atoms with Gasteiger partial charge in [-0.3, -0.25) is 0 Å². The summed E-state index contributed by atoms with van der Waals surface area (Å²) in [6.45, 7) is 0. The van der Waals surface area contributed by atoms with Crippen LogP contribution in [-0.4, -0.2) is 47.6 Å². The molecule has 0 saturated heterocycles. The van der Waals surface area contributed by atoms with Crippen LogP contribution in [0.15, 0.2) is 255 Å². The standard InChI is InChI=1S/6C10H7.CH2O3.2Bi/c6*1-2-6-10-8-4-3-7-9(10)5-1;2-1(3)4;;/h6*1-7H;(H2,2,3,4);;/q;;;;;;;2*+1/p-2. The van der Waals surface area contributed by atoms with Gasteiger partial charge in [0.2, 0.25) is 0 Å². The summed E-state index contributed by atoms with van der Waals surface area (Å²) in [7, 11) is 0. The van der Waals surface area contributed by atoms with E-state index in [-0.39, 0.29) is 0 Å². The zero-order valence-corrected chi connectivity index (χ0v) is 42.8. The van der Waals surface area contributed by atoms with Crippen molar-refractivity contribution in [1.29, 1.82) is 0 Å². The predicted molar refractivity (Wildman–Crippen MR) is 281 cm³/mol. The maximum atomic E-state index is 16.6. The Hall–Kier alpha value is -6.76. The van der Waals surface area contributed by atoms with Gasteiger partial charge >= 0.3 is 397 Å². The molecule has 0 N–H and O–H groups in total. The van der Waals surface area contributed by atoms with Crippen LogP contribution in [0.3, 0.4) is 0 Å². The summed E-state index contributed by atoms with van der Waals surface area (Å²) in [5.74, 6) is 0. The van der Waals surface area contributed by atoms with E-state index in [2.05, 4.69) is 255 Å². The van der Waals surface area contributed by atoms with E-state index in [0.717, 1.165) is 84.3 Å². The normalized spacial score (nSPS) is 12.0. The molecule has 0 saturated carbocycles. The van der Waals surface area contributed by atoms with Gasteiger partial charge in [0.05, 0.1) is 0 Å². The fourth-order valence-electron chi connectivity index (χ4n) is 10.2. The molecule has 2 radical (unpaired) electrons. The van der Waals surface area contributed by atoms with E-state index in [0.29, 0.717) is 0 Å². The number of hydrogen-bond donors (Lipinski definition) is 0. The van der Waals surface area contributed by atoms with Crippen molar-refractivity contribution < 1.29 is 10.4 Å². The van der Waals surface area contributed by atoms with E-state index in [9.17, 15) is 0 Å². The molecule has 0 aliphatic heterocycles. The van der Waals surface area contributed by atoms with Crippen molar-refractivity contribution in [1.82, 2.24) is 0 Å². The third kappa shape index (κ3) is 6.63. The molecule has 0 aliphatic rings. The van der Waals surface area contributed by atoms with E-state index in [4.69, 9.17) is 5.63 Å². The molecule has 0 aliphatic carbocycles. The summed E-state index contributed by atoms with van der Waals surface area (Å²) in [5.41, 5.74) is 0. The predicted octanol–water partition coefficient (Wildman–Crippen LogP) is 11.4. The molecule has 5 heteroatoms. The first-order valence-electron chi connectivity index (χ1n) is 22.2. The van der Waals surface area contributed by atoms with Gasteiger partial charge < -0.3 is 0 Å². The molecule has 0 aromatic heterocycles. The van der Waals surface area contributed by atoms with E-state index < -0.39 is 47.6 Å². The molecule has 0 fully saturated rings. The molecule has 314 valence electrons. The van der Waals surface area contributed by atoms with Crippen LogP contribution in [0.1, 0.15) is 0 Å². The van der Waals surface area contributed by atoms with E-state index in [1.165, 1.54) is 0 Å². The fraction of sp³-hybridized carbons (Fsp3) is 0. The molecule has 3 nitrogen and oxygen atoms in total. The zero-order valence-electron chi connectivity index (χ0n) is 35.9. The van der Waals surface area contributed by atoms with Crippen LogP contribution in [0.2, 0.25) is 0 Å². The third-order valence-corrected chi connectivity index (χ3v) is 41.3. The Morgan fingerprint density at radius 3 is 0.591 bits per heavy atom. The second kappa shape index (κ2) is 16.9. The monoisotopic (exact) mass is 1240 g/mol. The molecule has 66 heavy (non-hydrogen) atoms. The first-order valence-corrected chi connectivity index (χ1v) is 35.5. The maximum absolute atomic E-state index is 16.6. The molecule has 12 aromatic rings. The van der Waals surface area contributed by atoms with Gasteiger partial charge in [-0.25, -0.2) is 0 Å². The average molecular weight is 1240 g/mol. The van der Waals surface area contributed by atoms with Crippen molar-refractivity contribution >= 4 is 132 Å². The Kier molecular flexibility index (Phi) is 10.4. The van der Waals surface area contributed by atoms with Crippen molar-refractivity contribution in [3.05, 3.63) is 255 Å². The Morgan fingerprint density at radius 2 is 0.394 bits per heavy atom. The first-order chi connectivity index (χ1) is 32.6. The second-order valence-electron chi connectivity index (χ2n) is 16.6. The van der Waals surface area contributed by atoms with Crippen molar-refractivity contribution in [2.45, 2.75) is 0 Å². The quantitative estimate of drug-likeness (QED) is 0.142. The van der Waals surface area contributed by atoms with Crippen LogP contribution in [0.4, 0.5) is 4.79 Å². The van der Waals surface area contributed by atoms with E-state index >= 15 is 4.79 Å². The van der Waals surface area contributed by atoms with Gasteiger partial charge in [0.25, 0.3) is 0 Å². The second-order valence-corrected chi connectivity index (χ2v) is 38.8. The summed E-state index contributed by atoms with van der Waals surface area (Å²) in [4.78, 5) is 16.6. The molecule has 0 unspecified atom stereocenters. The third-order valence-electron chi connectivity index (χ3n) is 13.1. The summed E-state index contributed by atoms with van der Waals surface area (Å²) in [5, 5.41) is 12.9. The first kappa shape index (κ1) is 40.7. The van der Waals surface area contributed by atoms with Crippen LogP contribution >= 0.6 is 0 Å². The topological polar surface area (TPSA) is 35.5 Å². The zero-order chi connectivity index (χ0) is 44.1. The fourth-order valence-corrected chi connectivity index (χ4v) is 41.1. The number of benzene rings is 12. The average Bonchev–Trinajstić information content (AvgIpc) is 3.39. The number of hydrogen-bond acceptors (Lipinski definition) is 3. The minimum atomic E-state index is -5.34. The minimum absolute atomic E-state index is 0.644. The summed E-state index contributed by atoms with van der Waals surface area (Å²) in [6, 6.07) is 90.1. The Bertz CT molecular complexity index is 3180. The van der Waals surface area contributed by atoms with Gasteiger partial charge in [-0.15, -0.1) is 0 Å². The Morgan fingerprint density at radius 1 is 0.227 bits per heavy atom. The molecular weight excluding hydrogens is 1200 g/mol. The molecule has 0 spiro atoms. The van der Waals surface area contributed by atoms with Crippen LogP contribution in [0.25, 0.3) is 64.6 Å². The number of carbonyl (C=O) groups is 1. The van der Waals surface area contributed by atoms with Crippen molar-refractivity contribution in [2.24, 2.45) is 0 Å². The van der Waals surface area contributed by atoms with Crippen LogP contribution in [-0.2, 0) is 5.63 Å². The summed E-state index contributed by atoms with van der Waals surface area (Å²) in [6.07, 6.45) is -0.644. The molecule has 12 aromatic carbocycles. The van der Waals surface area contributed by atoms with E-state index in [1.807, 2.05) is 0 Å². The molecule has 0 amide bonds. The van der Waals surface area contributed by atoms with Crippen molar-refractivity contribution in [2.75, 3.05) is 0 Å². The number of fused-ring (bicyclic) bond motifs is 6. The molecule has 0 heterocycles. The van der Waals surface area contributed by atoms with Crippen LogP contribution in [0.5, 0.6) is 0 Å². The van der Waals surface area contributed by atoms with Crippen molar-refractivity contribution in [3.8, 4) is 0 Å². The van der Waals surface area contributed by atoms with Gasteiger partial charge in [-0.1, -0.05) is 0 Å². The van der Waals surface area contributed by atoms with Gasteiger partial charge in [-0.2, -0.15) is 0 Å². The van der Waals surface area contributed by atoms with Gasteiger partial charge in [0.15, 0.2) is 0 Å². The Balaban J connectivity index is 1.22. The molecular formula is C61H42Bi2O3. The van der Waals surface area contributed by atoms with E-state index in [1.54, 1.807) is 0 Å². The number of rotatable bonds is 8.